The van der Waals surface area contributed by atoms with Crippen molar-refractivity contribution in [2.75, 3.05) is 0 Å². The highest BCUT2D eigenvalue weighted by Crippen LogP contribution is 2.44. The Balaban J connectivity index is 2.16. The maximum absolute atomic E-state index is 12.0. The second kappa shape index (κ2) is 7.86. The summed E-state index contributed by atoms with van der Waals surface area (Å²) < 4.78 is 12.8. The predicted molar refractivity (Wildman–Crippen MR) is 97.6 cm³/mol. The van der Waals surface area contributed by atoms with E-state index >= 15 is 0 Å². The monoisotopic (exact) mass is 338 g/mol. The van der Waals surface area contributed by atoms with Gasteiger partial charge in [0.25, 0.3) is 0 Å². The minimum Gasteiger partial charge on any atom is -0.349 e. The van der Waals surface area contributed by atoms with Gasteiger partial charge in [-0.15, -0.1) is 0 Å². The molecule has 2 aliphatic rings. The van der Waals surface area contributed by atoms with Crippen LogP contribution in [0.5, 0.6) is 0 Å². The molecule has 0 aromatic carbocycles. The Hall–Kier alpha value is -0.410. The Morgan fingerprint density at radius 3 is 2.12 bits per heavy atom. The first-order valence-corrected chi connectivity index (χ1v) is 10.00. The maximum atomic E-state index is 12.0. The molecule has 3 nitrogen and oxygen atoms in total. The van der Waals surface area contributed by atoms with Crippen LogP contribution in [0, 0.1) is 41.4 Å². The van der Waals surface area contributed by atoms with Crippen molar-refractivity contribution in [3.05, 3.63) is 0 Å². The fourth-order valence-electron chi connectivity index (χ4n) is 4.88. The van der Waals surface area contributed by atoms with Crippen molar-refractivity contribution in [2.24, 2.45) is 41.4 Å². The number of hydrogen-bond acceptors (Lipinski definition) is 3. The van der Waals surface area contributed by atoms with Gasteiger partial charge in [0.1, 0.15) is 6.10 Å². The molecule has 0 N–H and O–H groups in total. The number of carbonyl (C=O) groups excluding carboxylic acids is 1. The SMILES string of the molecule is CCC1CC(C)C(C)[C@@H](C)[C@@H]1O[C@@H]1OC(C(C)=O)[C@@H](C)[C@@H](C)C1C. The first-order valence-electron chi connectivity index (χ1n) is 10.00. The van der Waals surface area contributed by atoms with E-state index < -0.39 is 0 Å². The van der Waals surface area contributed by atoms with Crippen LogP contribution in [-0.2, 0) is 14.3 Å². The zero-order valence-corrected chi connectivity index (χ0v) is 16.9. The highest BCUT2D eigenvalue weighted by atomic mass is 16.7. The zero-order chi connectivity index (χ0) is 18.2. The van der Waals surface area contributed by atoms with Crippen molar-refractivity contribution in [1.29, 1.82) is 0 Å². The van der Waals surface area contributed by atoms with Gasteiger partial charge >= 0.3 is 0 Å². The topological polar surface area (TPSA) is 35.5 Å². The average molecular weight is 339 g/mol. The number of ether oxygens (including phenoxy) is 2. The summed E-state index contributed by atoms with van der Waals surface area (Å²) in [6, 6.07) is 0. The van der Waals surface area contributed by atoms with Crippen molar-refractivity contribution in [1.82, 2.24) is 0 Å². The quantitative estimate of drug-likeness (QED) is 0.729. The smallest absolute Gasteiger partial charge is 0.161 e. The Kier molecular flexibility index (Phi) is 6.52. The molecule has 24 heavy (non-hydrogen) atoms. The first-order chi connectivity index (χ1) is 11.2. The van der Waals surface area contributed by atoms with E-state index in [2.05, 4.69) is 48.5 Å². The third-order valence-electron chi connectivity index (χ3n) is 7.45. The fourth-order valence-corrected chi connectivity index (χ4v) is 4.88. The Labute approximate surface area is 148 Å². The fraction of sp³-hybridized carbons (Fsp3) is 0.952. The van der Waals surface area contributed by atoms with Crippen LogP contribution in [0.25, 0.3) is 0 Å². The lowest BCUT2D eigenvalue weighted by atomic mass is 9.67. The molecule has 1 heterocycles. The van der Waals surface area contributed by atoms with Crippen LogP contribution in [0.2, 0.25) is 0 Å². The second-order valence-corrected chi connectivity index (χ2v) is 8.81. The minimum atomic E-state index is -0.323. The summed E-state index contributed by atoms with van der Waals surface area (Å²) in [6.07, 6.45) is 2.04. The highest BCUT2D eigenvalue weighted by Gasteiger charge is 2.45. The summed E-state index contributed by atoms with van der Waals surface area (Å²) in [5.41, 5.74) is 0. The van der Waals surface area contributed by atoms with E-state index in [9.17, 15) is 4.79 Å². The Morgan fingerprint density at radius 1 is 0.958 bits per heavy atom. The lowest BCUT2D eigenvalue weighted by Gasteiger charge is -2.48. The van der Waals surface area contributed by atoms with Gasteiger partial charge in [0, 0.05) is 5.92 Å². The van der Waals surface area contributed by atoms with Gasteiger partial charge in [0.15, 0.2) is 12.1 Å². The molecule has 1 aliphatic heterocycles. The minimum absolute atomic E-state index is 0.126. The van der Waals surface area contributed by atoms with Gasteiger partial charge in [0.2, 0.25) is 0 Å². The van der Waals surface area contributed by atoms with Crippen LogP contribution in [0.3, 0.4) is 0 Å². The molecule has 10 atom stereocenters. The van der Waals surface area contributed by atoms with Crippen LogP contribution in [0.4, 0.5) is 0 Å². The van der Waals surface area contributed by atoms with Crippen LogP contribution in [0.15, 0.2) is 0 Å². The third kappa shape index (κ3) is 3.72. The van der Waals surface area contributed by atoms with Gasteiger partial charge in [-0.3, -0.25) is 4.79 Å². The van der Waals surface area contributed by atoms with Gasteiger partial charge in [0.05, 0.1) is 6.10 Å². The number of rotatable bonds is 4. The number of hydrogen-bond donors (Lipinski definition) is 0. The van der Waals surface area contributed by atoms with Gasteiger partial charge < -0.3 is 9.47 Å². The van der Waals surface area contributed by atoms with E-state index in [-0.39, 0.29) is 30.2 Å². The van der Waals surface area contributed by atoms with Crippen molar-refractivity contribution in [3.8, 4) is 0 Å². The van der Waals surface area contributed by atoms with E-state index in [1.165, 1.54) is 6.42 Å². The van der Waals surface area contributed by atoms with Crippen molar-refractivity contribution in [3.63, 3.8) is 0 Å². The molecular formula is C21H38O3. The molecule has 1 aliphatic carbocycles. The van der Waals surface area contributed by atoms with Crippen LogP contribution in [-0.4, -0.2) is 24.3 Å². The molecule has 0 radical (unpaired) electrons. The highest BCUT2D eigenvalue weighted by molar-refractivity contribution is 5.80. The Morgan fingerprint density at radius 2 is 1.58 bits per heavy atom. The van der Waals surface area contributed by atoms with Crippen molar-refractivity contribution >= 4 is 5.78 Å². The van der Waals surface area contributed by atoms with E-state index in [4.69, 9.17) is 9.47 Å². The summed E-state index contributed by atoms with van der Waals surface area (Å²) in [6.45, 7) is 17.5. The molecule has 0 aromatic heterocycles. The molecule has 0 bridgehead atoms. The summed E-state index contributed by atoms with van der Waals surface area (Å²) in [4.78, 5) is 12.0. The number of Topliss-reactive ketones (excluding diaryl/α,β-unsaturated/α-hetero) is 1. The lowest BCUT2D eigenvalue weighted by Crippen LogP contribution is -2.52. The largest absolute Gasteiger partial charge is 0.349 e. The van der Waals surface area contributed by atoms with Gasteiger partial charge in [-0.2, -0.15) is 0 Å². The first kappa shape index (κ1) is 19.9. The third-order valence-corrected chi connectivity index (χ3v) is 7.45. The van der Waals surface area contributed by atoms with Crippen molar-refractivity contribution in [2.45, 2.75) is 86.7 Å². The number of carbonyl (C=O) groups is 1. The van der Waals surface area contributed by atoms with Crippen LogP contribution >= 0.6 is 0 Å². The molecule has 0 aromatic rings. The average Bonchev–Trinajstić information content (AvgIpc) is 2.54. The lowest BCUT2D eigenvalue weighted by molar-refractivity contribution is -0.277. The summed E-state index contributed by atoms with van der Waals surface area (Å²) in [5.74, 6) is 3.65. The predicted octanol–water partition coefficient (Wildman–Crippen LogP) is 4.93. The molecule has 3 heteroatoms. The molecule has 2 fully saturated rings. The van der Waals surface area contributed by atoms with Crippen LogP contribution < -0.4 is 0 Å². The van der Waals surface area contributed by atoms with Gasteiger partial charge in [-0.05, 0) is 48.9 Å². The molecule has 140 valence electrons. The van der Waals surface area contributed by atoms with Gasteiger partial charge in [-0.1, -0.05) is 54.9 Å². The summed E-state index contributed by atoms with van der Waals surface area (Å²) in [5, 5.41) is 0. The van der Waals surface area contributed by atoms with E-state index in [1.807, 2.05) is 0 Å². The summed E-state index contributed by atoms with van der Waals surface area (Å²) in [7, 11) is 0. The van der Waals surface area contributed by atoms with Gasteiger partial charge in [-0.25, -0.2) is 0 Å². The molecule has 1 saturated carbocycles. The zero-order valence-electron chi connectivity index (χ0n) is 16.9. The molecule has 5 unspecified atom stereocenters. The van der Waals surface area contributed by atoms with E-state index in [0.29, 0.717) is 29.6 Å². The van der Waals surface area contributed by atoms with E-state index in [1.54, 1.807) is 6.92 Å². The standard InChI is InChI=1S/C21H38O3/c1-9-18-10-11(2)12(3)14(5)20(18)24-21-16(7)13(4)15(6)19(23-21)17(8)22/h11-16,18-21H,9-10H2,1-8H3/t11?,12?,13-,14-,15+,16?,18?,19?,20+,21+/m1/s1. The molecule has 0 amide bonds. The van der Waals surface area contributed by atoms with E-state index in [0.717, 1.165) is 12.3 Å². The molecule has 0 spiro atoms. The maximum Gasteiger partial charge on any atom is 0.161 e. The molecule has 2 rings (SSSR count). The molecular weight excluding hydrogens is 300 g/mol. The number of ketones is 1. The van der Waals surface area contributed by atoms with Crippen molar-refractivity contribution < 1.29 is 14.3 Å². The Bertz CT molecular complexity index is 433. The summed E-state index contributed by atoms with van der Waals surface area (Å²) >= 11 is 0. The van der Waals surface area contributed by atoms with Crippen LogP contribution in [0.1, 0.15) is 68.2 Å². The second-order valence-electron chi connectivity index (χ2n) is 8.81. The normalized spacial score (nSPS) is 49.8. The molecule has 1 saturated heterocycles.